The number of aryl methyl sites for hydroxylation is 1. The molecule has 4 aromatic rings. The number of nitrogens with one attached hydrogen (secondary N) is 1. The van der Waals surface area contributed by atoms with Gasteiger partial charge in [-0.15, -0.1) is 0 Å². The first-order chi connectivity index (χ1) is 14.7. The Labute approximate surface area is 175 Å². The topological polar surface area (TPSA) is 69.0 Å². The highest BCUT2D eigenvalue weighted by Crippen LogP contribution is 2.21. The van der Waals surface area contributed by atoms with Crippen LogP contribution in [0.25, 0.3) is 10.9 Å². The van der Waals surface area contributed by atoms with Gasteiger partial charge in [-0.3, -0.25) is 14.3 Å². The van der Waals surface area contributed by atoms with E-state index in [9.17, 15) is 4.79 Å². The molecule has 0 saturated heterocycles. The van der Waals surface area contributed by atoms with Crippen LogP contribution in [0.1, 0.15) is 22.4 Å². The van der Waals surface area contributed by atoms with E-state index in [1.807, 2.05) is 43.3 Å². The number of hydrogen-bond donors (Lipinski definition) is 1. The van der Waals surface area contributed by atoms with Crippen molar-refractivity contribution in [2.45, 2.75) is 26.6 Å². The summed E-state index contributed by atoms with van der Waals surface area (Å²) >= 11 is 0. The van der Waals surface area contributed by atoms with Gasteiger partial charge in [0, 0.05) is 24.8 Å². The molecule has 0 spiro atoms. The molecule has 6 heteroatoms. The van der Waals surface area contributed by atoms with Gasteiger partial charge in [-0.25, -0.2) is 4.98 Å². The summed E-state index contributed by atoms with van der Waals surface area (Å²) in [5, 5.41) is 3.94. The minimum atomic E-state index is -0.0886. The van der Waals surface area contributed by atoms with Crippen molar-refractivity contribution in [2.75, 3.05) is 7.11 Å². The summed E-state index contributed by atoms with van der Waals surface area (Å²) in [4.78, 5) is 22.1. The molecule has 1 N–H and O–H groups in total. The summed E-state index contributed by atoms with van der Waals surface area (Å²) in [7, 11) is 1.64. The van der Waals surface area contributed by atoms with Gasteiger partial charge in [-0.1, -0.05) is 42.5 Å². The van der Waals surface area contributed by atoms with Gasteiger partial charge in [0.05, 0.1) is 31.1 Å². The molecule has 0 aliphatic carbocycles. The average molecular weight is 400 g/mol. The van der Waals surface area contributed by atoms with Crippen LogP contribution in [0.15, 0.2) is 71.9 Å². The van der Waals surface area contributed by atoms with Gasteiger partial charge in [0.2, 0.25) is 0 Å². The van der Waals surface area contributed by atoms with Crippen LogP contribution in [0.2, 0.25) is 0 Å². The summed E-state index contributed by atoms with van der Waals surface area (Å²) in [5.41, 5.74) is 4.55. The van der Waals surface area contributed by atoms with E-state index in [0.717, 1.165) is 29.1 Å². The van der Waals surface area contributed by atoms with Crippen molar-refractivity contribution < 1.29 is 4.74 Å². The van der Waals surface area contributed by atoms with Crippen molar-refractivity contribution in [1.82, 2.24) is 19.9 Å². The summed E-state index contributed by atoms with van der Waals surface area (Å²) < 4.78 is 7.08. The van der Waals surface area contributed by atoms with E-state index in [2.05, 4.69) is 27.4 Å². The Hall–Kier alpha value is -3.51. The Morgan fingerprint density at radius 2 is 1.87 bits per heavy atom. The number of hydrogen-bond acceptors (Lipinski definition) is 5. The normalized spacial score (nSPS) is 11.0. The molecule has 0 saturated carbocycles. The first-order valence-electron chi connectivity index (χ1n) is 9.87. The van der Waals surface area contributed by atoms with Crippen LogP contribution < -0.4 is 15.6 Å². The highest BCUT2D eigenvalue weighted by atomic mass is 16.5. The Morgan fingerprint density at radius 3 is 2.67 bits per heavy atom. The highest BCUT2D eigenvalue weighted by molar-refractivity contribution is 5.79. The van der Waals surface area contributed by atoms with Gasteiger partial charge in [0.15, 0.2) is 0 Å². The minimum absolute atomic E-state index is 0.0886. The smallest absolute Gasteiger partial charge is 0.261 e. The number of benzene rings is 2. The van der Waals surface area contributed by atoms with Crippen molar-refractivity contribution >= 4 is 10.9 Å². The number of rotatable bonds is 7. The maximum Gasteiger partial charge on any atom is 0.261 e. The van der Waals surface area contributed by atoms with Crippen LogP contribution in [-0.2, 0) is 19.6 Å². The van der Waals surface area contributed by atoms with Gasteiger partial charge in [0.1, 0.15) is 11.3 Å². The lowest BCUT2D eigenvalue weighted by Gasteiger charge is -2.12. The van der Waals surface area contributed by atoms with E-state index in [4.69, 9.17) is 4.74 Å². The highest BCUT2D eigenvalue weighted by Gasteiger charge is 2.11. The molecule has 0 bridgehead atoms. The summed E-state index contributed by atoms with van der Waals surface area (Å²) in [6.07, 6.45) is 3.26. The molecule has 2 aromatic carbocycles. The van der Waals surface area contributed by atoms with Crippen LogP contribution in [0.4, 0.5) is 0 Å². The molecular formula is C24H24N4O2. The van der Waals surface area contributed by atoms with Gasteiger partial charge in [0.25, 0.3) is 5.56 Å². The van der Waals surface area contributed by atoms with Crippen molar-refractivity contribution in [3.63, 3.8) is 0 Å². The molecule has 0 aliphatic heterocycles. The third-order valence-corrected chi connectivity index (χ3v) is 5.07. The number of ether oxygens (including phenoxy) is 1. The predicted octanol–water partition coefficient (Wildman–Crippen LogP) is 3.45. The van der Waals surface area contributed by atoms with Crippen molar-refractivity contribution in [2.24, 2.45) is 0 Å². The van der Waals surface area contributed by atoms with Crippen molar-refractivity contribution in [3.8, 4) is 5.75 Å². The SMILES string of the molecule is COc1cc(C)ccc1Cn1cnc2c(CNCc3ccccc3)nccc2c1=O. The Bertz CT molecular complexity index is 1220. The molecule has 2 aromatic heterocycles. The molecule has 0 radical (unpaired) electrons. The molecule has 30 heavy (non-hydrogen) atoms. The quantitative estimate of drug-likeness (QED) is 0.515. The fraction of sp³-hybridized carbons (Fsp3) is 0.208. The standard InChI is InChI=1S/C24H24N4O2/c1-17-8-9-19(22(12-17)30-2)15-28-16-27-23-20(24(28)29)10-11-26-21(23)14-25-13-18-6-4-3-5-7-18/h3-12,16,25H,13-15H2,1-2H3. The maximum atomic E-state index is 13.1. The summed E-state index contributed by atoms with van der Waals surface area (Å²) in [6.45, 7) is 3.67. The first kappa shape index (κ1) is 19.8. The van der Waals surface area contributed by atoms with Gasteiger partial charge in [-0.05, 0) is 30.2 Å². The molecule has 2 heterocycles. The Kier molecular flexibility index (Phi) is 5.86. The van der Waals surface area contributed by atoms with Gasteiger partial charge in [-0.2, -0.15) is 0 Å². The van der Waals surface area contributed by atoms with Crippen molar-refractivity contribution in [1.29, 1.82) is 0 Å². The molecule has 4 rings (SSSR count). The monoisotopic (exact) mass is 400 g/mol. The number of pyridine rings is 1. The predicted molar refractivity (Wildman–Crippen MR) is 118 cm³/mol. The third-order valence-electron chi connectivity index (χ3n) is 5.07. The van der Waals surface area contributed by atoms with Crippen LogP contribution in [0, 0.1) is 6.92 Å². The zero-order valence-corrected chi connectivity index (χ0v) is 17.1. The van der Waals surface area contributed by atoms with Gasteiger partial charge < -0.3 is 10.1 Å². The minimum Gasteiger partial charge on any atom is -0.496 e. The van der Waals surface area contributed by atoms with Crippen LogP contribution in [0.3, 0.4) is 0 Å². The van der Waals surface area contributed by atoms with E-state index in [0.29, 0.717) is 24.0 Å². The van der Waals surface area contributed by atoms with E-state index in [1.165, 1.54) is 5.56 Å². The van der Waals surface area contributed by atoms with Crippen LogP contribution in [-0.4, -0.2) is 21.6 Å². The summed E-state index contributed by atoms with van der Waals surface area (Å²) in [5.74, 6) is 0.766. The second kappa shape index (κ2) is 8.88. The van der Waals surface area contributed by atoms with E-state index in [-0.39, 0.29) is 5.56 Å². The first-order valence-corrected chi connectivity index (χ1v) is 9.87. The second-order valence-corrected chi connectivity index (χ2v) is 7.24. The zero-order valence-electron chi connectivity index (χ0n) is 17.1. The van der Waals surface area contributed by atoms with E-state index in [1.54, 1.807) is 30.3 Å². The lowest BCUT2D eigenvalue weighted by molar-refractivity contribution is 0.407. The number of nitrogens with zero attached hydrogens (tertiary/aromatic N) is 3. The van der Waals surface area contributed by atoms with Crippen LogP contribution in [0.5, 0.6) is 5.75 Å². The van der Waals surface area contributed by atoms with E-state index >= 15 is 0 Å². The third kappa shape index (κ3) is 4.23. The molecule has 152 valence electrons. The molecule has 0 atom stereocenters. The Balaban J connectivity index is 1.58. The van der Waals surface area contributed by atoms with Gasteiger partial charge >= 0.3 is 0 Å². The fourth-order valence-corrected chi connectivity index (χ4v) is 3.48. The number of aromatic nitrogens is 3. The average Bonchev–Trinajstić information content (AvgIpc) is 2.77. The molecular weight excluding hydrogens is 376 g/mol. The molecule has 0 unspecified atom stereocenters. The summed E-state index contributed by atoms with van der Waals surface area (Å²) in [6, 6.07) is 17.9. The second-order valence-electron chi connectivity index (χ2n) is 7.24. The van der Waals surface area contributed by atoms with Crippen LogP contribution >= 0.6 is 0 Å². The maximum absolute atomic E-state index is 13.1. The van der Waals surface area contributed by atoms with Crippen molar-refractivity contribution in [3.05, 3.63) is 99.9 Å². The molecule has 0 fully saturated rings. The molecule has 0 aliphatic rings. The molecule has 6 nitrogen and oxygen atoms in total. The fourth-order valence-electron chi connectivity index (χ4n) is 3.48. The van der Waals surface area contributed by atoms with E-state index < -0.39 is 0 Å². The largest absolute Gasteiger partial charge is 0.496 e. The zero-order chi connectivity index (χ0) is 20.9. The lowest BCUT2D eigenvalue weighted by Crippen LogP contribution is -2.23. The number of fused-ring (bicyclic) bond motifs is 1. The number of methoxy groups -OCH3 is 1. The lowest BCUT2D eigenvalue weighted by atomic mass is 10.1. The Morgan fingerprint density at radius 1 is 1.03 bits per heavy atom. The molecule has 0 amide bonds.